The molecule has 2 aromatic heterocycles. The average molecular weight is 551 g/mol. The van der Waals surface area contributed by atoms with Gasteiger partial charge in [-0.2, -0.15) is 26.3 Å². The molecule has 208 valence electrons. The molecule has 1 amide bonds. The number of hydrogen-bond donors (Lipinski definition) is 3. The van der Waals surface area contributed by atoms with E-state index in [1.54, 1.807) is 17.3 Å². The topological polar surface area (TPSA) is 136 Å². The van der Waals surface area contributed by atoms with Gasteiger partial charge in [0.15, 0.2) is 5.82 Å². The molecule has 0 unspecified atom stereocenters. The smallest absolute Gasteiger partial charge is 0.475 e. The predicted octanol–water partition coefficient (Wildman–Crippen LogP) is 3.17. The van der Waals surface area contributed by atoms with Gasteiger partial charge in [-0.1, -0.05) is 6.07 Å². The number of halogens is 6. The summed E-state index contributed by atoms with van der Waals surface area (Å²) in [5, 5.41) is 17.7. The monoisotopic (exact) mass is 551 g/mol. The van der Waals surface area contributed by atoms with E-state index in [-0.39, 0.29) is 5.91 Å². The van der Waals surface area contributed by atoms with Crippen molar-refractivity contribution in [1.29, 1.82) is 0 Å². The molecule has 4 heterocycles. The lowest BCUT2D eigenvalue weighted by Crippen LogP contribution is -2.61. The zero-order valence-corrected chi connectivity index (χ0v) is 19.8. The lowest BCUT2D eigenvalue weighted by molar-refractivity contribution is -0.193. The molecule has 2 aliphatic heterocycles. The maximum atomic E-state index is 12.9. The summed E-state index contributed by atoms with van der Waals surface area (Å²) in [5.74, 6) is -4.68. The number of carbonyl (C=O) groups excluding carboxylic acids is 1. The van der Waals surface area contributed by atoms with Gasteiger partial charge in [0.2, 0.25) is 0 Å². The van der Waals surface area contributed by atoms with Gasteiger partial charge < -0.3 is 15.5 Å². The highest BCUT2D eigenvalue weighted by atomic mass is 19.4. The van der Waals surface area contributed by atoms with Crippen molar-refractivity contribution in [3.05, 3.63) is 48.4 Å². The molecule has 2 aromatic rings. The largest absolute Gasteiger partial charge is 0.490 e. The van der Waals surface area contributed by atoms with Crippen molar-refractivity contribution in [3.63, 3.8) is 0 Å². The molecule has 1 fully saturated rings. The van der Waals surface area contributed by atoms with Crippen LogP contribution in [0.4, 0.5) is 37.8 Å². The third-order valence-electron chi connectivity index (χ3n) is 5.52. The number of carboxylic acids is 2. The van der Waals surface area contributed by atoms with Gasteiger partial charge in [0.05, 0.1) is 5.69 Å². The van der Waals surface area contributed by atoms with Crippen LogP contribution in [-0.4, -0.2) is 81.0 Å². The van der Waals surface area contributed by atoms with Crippen molar-refractivity contribution in [3.8, 4) is 0 Å². The fourth-order valence-electron chi connectivity index (χ4n) is 3.67. The first-order valence-corrected chi connectivity index (χ1v) is 10.8. The third-order valence-corrected chi connectivity index (χ3v) is 5.52. The molecule has 0 aromatic carbocycles. The Balaban J connectivity index is 0.000000301. The highest BCUT2D eigenvalue weighted by molar-refractivity contribution is 6.06. The summed E-state index contributed by atoms with van der Waals surface area (Å²) in [6.07, 6.45) is -3.15. The molecule has 1 saturated heterocycles. The van der Waals surface area contributed by atoms with E-state index in [4.69, 9.17) is 19.8 Å². The van der Waals surface area contributed by atoms with Crippen LogP contribution < -0.4 is 10.2 Å². The van der Waals surface area contributed by atoms with Crippen LogP contribution in [0, 0.1) is 0 Å². The maximum absolute atomic E-state index is 12.9. The second-order valence-corrected chi connectivity index (χ2v) is 8.19. The molecular formula is C22H23F6N5O5. The Morgan fingerprint density at radius 1 is 1.00 bits per heavy atom. The highest BCUT2D eigenvalue weighted by Crippen LogP contribution is 2.38. The molecule has 3 N–H and O–H groups in total. The Hall–Kier alpha value is -3.95. The number of piperidine rings is 1. The normalized spacial score (nSPS) is 16.7. The first kappa shape index (κ1) is 30.3. The molecule has 0 radical (unpaired) electrons. The Bertz CT molecular complexity index is 1100. The number of rotatable bonds is 2. The van der Waals surface area contributed by atoms with Crippen LogP contribution in [0.2, 0.25) is 0 Å². The number of alkyl halides is 6. The molecule has 16 heteroatoms. The van der Waals surface area contributed by atoms with Gasteiger partial charge in [-0.05, 0) is 36.6 Å². The quantitative estimate of drug-likeness (QED) is 0.481. The summed E-state index contributed by atoms with van der Waals surface area (Å²) >= 11 is 0. The number of hydrogen-bond acceptors (Lipinski definition) is 7. The van der Waals surface area contributed by atoms with Gasteiger partial charge in [-0.25, -0.2) is 14.6 Å². The Morgan fingerprint density at radius 3 is 2.00 bits per heavy atom. The van der Waals surface area contributed by atoms with Crippen LogP contribution in [0.25, 0.3) is 0 Å². The molecular weight excluding hydrogens is 528 g/mol. The van der Waals surface area contributed by atoms with E-state index in [2.05, 4.69) is 26.3 Å². The van der Waals surface area contributed by atoms with Gasteiger partial charge in [0.25, 0.3) is 5.91 Å². The van der Waals surface area contributed by atoms with Crippen molar-refractivity contribution in [2.24, 2.45) is 0 Å². The summed E-state index contributed by atoms with van der Waals surface area (Å²) in [5.41, 5.74) is 1.65. The van der Waals surface area contributed by atoms with E-state index in [1.807, 2.05) is 31.4 Å². The van der Waals surface area contributed by atoms with Crippen LogP contribution in [0.15, 0.2) is 42.9 Å². The molecule has 4 rings (SSSR count). The standard InChI is InChI=1S/C18H21N5O.2C2HF3O2/c1-22-16-15(5-3-9-20-16)21-18(17(22)24)6-10-23(11-7-18)13-14-4-2-8-19-12-14;2*3-2(4,5)1(6)7/h2-5,8-9,12,21H,6-7,10-11,13H2,1H3;2*(H,6,7). The van der Waals surface area contributed by atoms with Gasteiger partial charge in [0.1, 0.15) is 5.54 Å². The van der Waals surface area contributed by atoms with E-state index in [0.717, 1.165) is 38.2 Å². The lowest BCUT2D eigenvalue weighted by Gasteiger charge is -2.46. The number of nitrogens with one attached hydrogen (secondary N) is 1. The van der Waals surface area contributed by atoms with Crippen LogP contribution in [-0.2, 0) is 20.9 Å². The molecule has 0 bridgehead atoms. The first-order valence-electron chi connectivity index (χ1n) is 10.8. The number of likely N-dealkylation sites (tertiary alicyclic amines) is 1. The summed E-state index contributed by atoms with van der Waals surface area (Å²) < 4.78 is 63.5. The number of fused-ring (bicyclic) bond motifs is 1. The number of likely N-dealkylation sites (N-methyl/N-ethyl adjacent to an activating group) is 1. The van der Waals surface area contributed by atoms with E-state index in [0.29, 0.717) is 5.82 Å². The molecule has 38 heavy (non-hydrogen) atoms. The number of amides is 1. The third kappa shape index (κ3) is 8.03. The number of pyridine rings is 2. The molecule has 0 aliphatic carbocycles. The molecule has 0 atom stereocenters. The lowest BCUT2D eigenvalue weighted by atomic mass is 9.84. The number of carboxylic acid groups (broad SMARTS) is 2. The SMILES string of the molecule is CN1C(=O)C2(CCN(Cc3cccnc3)CC2)Nc2cccnc21.O=C(O)C(F)(F)F.O=C(O)C(F)(F)F. The maximum Gasteiger partial charge on any atom is 0.490 e. The summed E-state index contributed by atoms with van der Waals surface area (Å²) in [6, 6.07) is 7.96. The zero-order chi connectivity index (χ0) is 28.7. The van der Waals surface area contributed by atoms with Crippen LogP contribution in [0.5, 0.6) is 0 Å². The summed E-state index contributed by atoms with van der Waals surface area (Å²) in [7, 11) is 1.82. The number of anilines is 2. The Kier molecular flexibility index (Phi) is 9.61. The summed E-state index contributed by atoms with van der Waals surface area (Å²) in [6.45, 7) is 2.65. The molecule has 10 nitrogen and oxygen atoms in total. The van der Waals surface area contributed by atoms with Crippen LogP contribution >= 0.6 is 0 Å². The number of carbonyl (C=O) groups is 3. The Labute approximate surface area is 211 Å². The zero-order valence-electron chi connectivity index (χ0n) is 19.8. The first-order chi connectivity index (χ1) is 17.6. The van der Waals surface area contributed by atoms with Gasteiger partial charge >= 0.3 is 24.3 Å². The fraction of sp³-hybridized carbons (Fsp3) is 0.409. The summed E-state index contributed by atoms with van der Waals surface area (Å²) in [4.78, 5) is 43.3. The van der Waals surface area contributed by atoms with Crippen molar-refractivity contribution < 1.29 is 50.9 Å². The van der Waals surface area contributed by atoms with E-state index in [1.165, 1.54) is 5.56 Å². The van der Waals surface area contributed by atoms with Crippen molar-refractivity contribution >= 4 is 29.4 Å². The minimum absolute atomic E-state index is 0.120. The molecule has 2 aliphatic rings. The van der Waals surface area contributed by atoms with Crippen molar-refractivity contribution in [1.82, 2.24) is 14.9 Å². The van der Waals surface area contributed by atoms with Crippen molar-refractivity contribution in [2.75, 3.05) is 30.4 Å². The van der Waals surface area contributed by atoms with E-state index in [9.17, 15) is 31.1 Å². The van der Waals surface area contributed by atoms with Gasteiger partial charge in [-0.15, -0.1) is 0 Å². The number of aliphatic carboxylic acids is 2. The average Bonchev–Trinajstić information content (AvgIpc) is 2.84. The number of aromatic nitrogens is 2. The fourth-order valence-corrected chi connectivity index (χ4v) is 3.67. The van der Waals surface area contributed by atoms with Gasteiger partial charge in [0, 0.05) is 45.3 Å². The van der Waals surface area contributed by atoms with E-state index < -0.39 is 29.8 Å². The second kappa shape index (κ2) is 12.1. The Morgan fingerprint density at radius 2 is 1.53 bits per heavy atom. The van der Waals surface area contributed by atoms with Crippen molar-refractivity contribution in [2.45, 2.75) is 37.3 Å². The second-order valence-electron chi connectivity index (χ2n) is 8.19. The highest BCUT2D eigenvalue weighted by Gasteiger charge is 2.47. The predicted molar refractivity (Wildman–Crippen MR) is 120 cm³/mol. The molecule has 0 saturated carbocycles. The van der Waals surface area contributed by atoms with E-state index >= 15 is 0 Å². The molecule has 1 spiro atoms. The van der Waals surface area contributed by atoms with Crippen LogP contribution in [0.3, 0.4) is 0 Å². The number of nitrogens with zero attached hydrogens (tertiary/aromatic N) is 4. The minimum Gasteiger partial charge on any atom is -0.475 e. The van der Waals surface area contributed by atoms with Crippen LogP contribution in [0.1, 0.15) is 18.4 Å². The minimum atomic E-state index is -5.08. The van der Waals surface area contributed by atoms with Gasteiger partial charge in [-0.3, -0.25) is 19.6 Å².